The average Bonchev–Trinajstić information content (AvgIpc) is 2.86. The second-order valence-corrected chi connectivity index (χ2v) is 6.11. The molecule has 1 N–H and O–H groups in total. The van der Waals surface area contributed by atoms with Gasteiger partial charge < -0.3 is 15.0 Å². The van der Waals surface area contributed by atoms with E-state index in [0.717, 1.165) is 24.5 Å². The minimum absolute atomic E-state index is 0.273. The third-order valence-electron chi connectivity index (χ3n) is 4.74. The Morgan fingerprint density at radius 1 is 1.35 bits per heavy atom. The van der Waals surface area contributed by atoms with Crippen molar-refractivity contribution in [3.8, 4) is 0 Å². The van der Waals surface area contributed by atoms with Gasteiger partial charge in [0.25, 0.3) is 0 Å². The van der Waals surface area contributed by atoms with Gasteiger partial charge in [0.05, 0.1) is 24.0 Å². The van der Waals surface area contributed by atoms with Crippen molar-refractivity contribution >= 4 is 17.3 Å². The quantitative estimate of drug-likeness (QED) is 0.800. The van der Waals surface area contributed by atoms with Crippen molar-refractivity contribution in [3.63, 3.8) is 0 Å². The molecule has 4 nitrogen and oxygen atoms in total. The van der Waals surface area contributed by atoms with E-state index in [1.807, 2.05) is 12.1 Å². The summed E-state index contributed by atoms with van der Waals surface area (Å²) >= 11 is 0. The predicted molar refractivity (Wildman–Crippen MR) is 80.4 cm³/mol. The first kappa shape index (κ1) is 13.3. The van der Waals surface area contributed by atoms with E-state index in [4.69, 9.17) is 4.74 Å². The molecule has 1 heterocycles. The summed E-state index contributed by atoms with van der Waals surface area (Å²) in [5.74, 6) is -0.273. The van der Waals surface area contributed by atoms with Crippen LogP contribution in [0.2, 0.25) is 0 Å². The van der Waals surface area contributed by atoms with Crippen LogP contribution in [0, 0.1) is 5.41 Å². The van der Waals surface area contributed by atoms with E-state index in [9.17, 15) is 4.79 Å². The van der Waals surface area contributed by atoms with Crippen molar-refractivity contribution in [2.24, 2.45) is 5.41 Å². The molecule has 0 aromatic heterocycles. The minimum atomic E-state index is -0.273. The fraction of sp³-hybridized carbons (Fsp3) is 0.562. The number of benzene rings is 1. The lowest BCUT2D eigenvalue weighted by Gasteiger charge is -2.31. The first-order valence-electron chi connectivity index (χ1n) is 7.32. The highest BCUT2D eigenvalue weighted by Gasteiger charge is 2.37. The van der Waals surface area contributed by atoms with Gasteiger partial charge in [0.2, 0.25) is 0 Å². The summed E-state index contributed by atoms with van der Waals surface area (Å²) in [4.78, 5) is 14.2. The van der Waals surface area contributed by atoms with Gasteiger partial charge in [-0.05, 0) is 25.0 Å². The van der Waals surface area contributed by atoms with Crippen molar-refractivity contribution in [2.75, 3.05) is 37.5 Å². The highest BCUT2D eigenvalue weighted by Crippen LogP contribution is 2.43. The van der Waals surface area contributed by atoms with Gasteiger partial charge in [-0.1, -0.05) is 18.9 Å². The van der Waals surface area contributed by atoms with Gasteiger partial charge in [-0.3, -0.25) is 0 Å². The molecule has 1 spiro atoms. The Kier molecular flexibility index (Phi) is 3.32. The Hall–Kier alpha value is -1.71. The number of hydrogen-bond donors (Lipinski definition) is 1. The number of carbonyl (C=O) groups is 1. The van der Waals surface area contributed by atoms with E-state index in [1.165, 1.54) is 32.8 Å². The molecule has 0 radical (unpaired) electrons. The first-order chi connectivity index (χ1) is 9.65. The third-order valence-corrected chi connectivity index (χ3v) is 4.74. The molecule has 0 saturated heterocycles. The monoisotopic (exact) mass is 274 g/mol. The highest BCUT2D eigenvalue weighted by atomic mass is 16.5. The second-order valence-electron chi connectivity index (χ2n) is 6.11. The Morgan fingerprint density at radius 2 is 2.10 bits per heavy atom. The summed E-state index contributed by atoms with van der Waals surface area (Å²) in [6, 6.07) is 5.83. The van der Waals surface area contributed by atoms with E-state index < -0.39 is 0 Å². The Balaban J connectivity index is 1.99. The molecule has 1 fully saturated rings. The van der Waals surface area contributed by atoms with E-state index in [1.54, 1.807) is 0 Å². The number of esters is 1. The normalized spacial score (nSPS) is 20.2. The molecule has 20 heavy (non-hydrogen) atoms. The molecule has 3 rings (SSSR count). The van der Waals surface area contributed by atoms with E-state index in [0.29, 0.717) is 11.0 Å². The third kappa shape index (κ3) is 2.13. The first-order valence-corrected chi connectivity index (χ1v) is 7.32. The number of nitrogens with zero attached hydrogens (tertiary/aromatic N) is 1. The molecule has 2 aliphatic rings. The van der Waals surface area contributed by atoms with Crippen LogP contribution in [0.3, 0.4) is 0 Å². The van der Waals surface area contributed by atoms with E-state index in [2.05, 4.69) is 23.3 Å². The Bertz CT molecular complexity index is 521. The number of nitrogens with one attached hydrogen (secondary N) is 1. The summed E-state index contributed by atoms with van der Waals surface area (Å²) in [5, 5.41) is 3.53. The van der Waals surface area contributed by atoms with E-state index in [-0.39, 0.29) is 5.97 Å². The molecule has 1 aliphatic heterocycles. The lowest BCUT2D eigenvalue weighted by atomic mass is 9.86. The fourth-order valence-electron chi connectivity index (χ4n) is 3.70. The van der Waals surface area contributed by atoms with Gasteiger partial charge in [0.1, 0.15) is 0 Å². The maximum atomic E-state index is 11.9. The number of carbonyl (C=O) groups excluding carboxylic acids is 1. The van der Waals surface area contributed by atoms with Gasteiger partial charge in [-0.25, -0.2) is 4.79 Å². The van der Waals surface area contributed by atoms with Gasteiger partial charge in [-0.2, -0.15) is 0 Å². The lowest BCUT2D eigenvalue weighted by Crippen LogP contribution is -2.36. The number of anilines is 2. The number of hydrogen-bond acceptors (Lipinski definition) is 4. The van der Waals surface area contributed by atoms with Crippen molar-refractivity contribution in [2.45, 2.75) is 25.7 Å². The van der Waals surface area contributed by atoms with Gasteiger partial charge in [0, 0.05) is 25.6 Å². The molecule has 4 heteroatoms. The van der Waals surface area contributed by atoms with E-state index >= 15 is 0 Å². The summed E-state index contributed by atoms with van der Waals surface area (Å²) in [5.41, 5.74) is 3.00. The number of para-hydroxylation sites is 1. The molecule has 0 amide bonds. The standard InChI is InChI=1S/C16H22N2O2/c1-18-11-16(8-3-4-9-16)10-17-14-12(15(19)20-2)6-5-7-13(14)18/h5-7,17H,3-4,8-11H2,1-2H3. The average molecular weight is 274 g/mol. The molecule has 1 aliphatic carbocycles. The molecule has 0 atom stereocenters. The summed E-state index contributed by atoms with van der Waals surface area (Å²) < 4.78 is 4.90. The summed E-state index contributed by atoms with van der Waals surface area (Å²) in [6.45, 7) is 2.00. The van der Waals surface area contributed by atoms with Crippen molar-refractivity contribution < 1.29 is 9.53 Å². The number of rotatable bonds is 1. The number of fused-ring (bicyclic) bond motifs is 1. The van der Waals surface area contributed by atoms with Crippen LogP contribution in [0.4, 0.5) is 11.4 Å². The molecule has 108 valence electrons. The van der Waals surface area contributed by atoms with Crippen LogP contribution in [0.1, 0.15) is 36.0 Å². The van der Waals surface area contributed by atoms with Crippen molar-refractivity contribution in [1.29, 1.82) is 0 Å². The minimum Gasteiger partial charge on any atom is -0.465 e. The number of ether oxygens (including phenoxy) is 1. The zero-order valence-electron chi connectivity index (χ0n) is 12.2. The van der Waals surface area contributed by atoms with Crippen LogP contribution in [0.25, 0.3) is 0 Å². The maximum absolute atomic E-state index is 11.9. The number of methoxy groups -OCH3 is 1. The van der Waals surface area contributed by atoms with Gasteiger partial charge in [-0.15, -0.1) is 0 Å². The Labute approximate surface area is 120 Å². The second kappa shape index (κ2) is 5.00. The summed E-state index contributed by atoms with van der Waals surface area (Å²) in [6.07, 6.45) is 5.17. The zero-order valence-corrected chi connectivity index (χ0v) is 12.2. The van der Waals surface area contributed by atoms with Crippen LogP contribution in [-0.4, -0.2) is 33.2 Å². The van der Waals surface area contributed by atoms with Crippen molar-refractivity contribution in [1.82, 2.24) is 0 Å². The molecule has 0 unspecified atom stereocenters. The largest absolute Gasteiger partial charge is 0.465 e. The fourth-order valence-corrected chi connectivity index (χ4v) is 3.70. The summed E-state index contributed by atoms with van der Waals surface area (Å²) in [7, 11) is 3.55. The molecule has 0 bridgehead atoms. The van der Waals surface area contributed by atoms with Gasteiger partial charge >= 0.3 is 5.97 Å². The molecule has 1 aromatic rings. The van der Waals surface area contributed by atoms with Crippen LogP contribution >= 0.6 is 0 Å². The zero-order chi connectivity index (χ0) is 14.2. The molecule has 1 aromatic carbocycles. The molecular weight excluding hydrogens is 252 g/mol. The van der Waals surface area contributed by atoms with Crippen LogP contribution < -0.4 is 10.2 Å². The lowest BCUT2D eigenvalue weighted by molar-refractivity contribution is 0.0602. The maximum Gasteiger partial charge on any atom is 0.340 e. The topological polar surface area (TPSA) is 41.6 Å². The van der Waals surface area contributed by atoms with Gasteiger partial charge in [0.15, 0.2) is 0 Å². The van der Waals surface area contributed by atoms with Crippen LogP contribution in [-0.2, 0) is 4.74 Å². The SMILES string of the molecule is COC(=O)c1cccc2c1NCC1(CCCC1)CN2C. The smallest absolute Gasteiger partial charge is 0.340 e. The van der Waals surface area contributed by atoms with Crippen molar-refractivity contribution in [3.05, 3.63) is 23.8 Å². The Morgan fingerprint density at radius 3 is 2.80 bits per heavy atom. The highest BCUT2D eigenvalue weighted by molar-refractivity contribution is 5.99. The van der Waals surface area contributed by atoms with Crippen LogP contribution in [0.5, 0.6) is 0 Å². The van der Waals surface area contributed by atoms with Crippen LogP contribution in [0.15, 0.2) is 18.2 Å². The predicted octanol–water partition coefficient (Wildman–Crippen LogP) is 2.90. The molecule has 1 saturated carbocycles. The molecular formula is C16H22N2O2.